The molecule has 0 aliphatic carbocycles. The van der Waals surface area contributed by atoms with Gasteiger partial charge in [-0.05, 0) is 0 Å². The summed E-state index contributed by atoms with van der Waals surface area (Å²) in [5, 5.41) is 0. The van der Waals surface area contributed by atoms with E-state index in [9.17, 15) is 19.4 Å². The van der Waals surface area contributed by atoms with E-state index in [0.29, 0.717) is 0 Å². The second-order valence-corrected chi connectivity index (χ2v) is 3.26. The van der Waals surface area contributed by atoms with Crippen LogP contribution in [0.4, 0.5) is 19.4 Å². The van der Waals surface area contributed by atoms with Crippen molar-refractivity contribution in [1.29, 1.82) is 0 Å². The van der Waals surface area contributed by atoms with Gasteiger partial charge in [0.05, 0.1) is 11.9 Å². The Morgan fingerprint density at radius 2 is 1.12 bits per heavy atom. The SMILES string of the molecule is FS(F)(F)(F)(F)OCl. The van der Waals surface area contributed by atoms with Crippen LogP contribution in [0.3, 0.4) is 0 Å². The van der Waals surface area contributed by atoms with E-state index < -0.39 is 10.5 Å². The first-order valence-corrected chi connectivity index (χ1v) is 3.28. The minimum atomic E-state index is -9.74. The normalized spacial score (nSPS) is 21.8. The summed E-state index contributed by atoms with van der Waals surface area (Å²) in [4.78, 5) is 0. The summed E-state index contributed by atoms with van der Waals surface area (Å²) in [5.41, 5.74) is 0. The summed E-state index contributed by atoms with van der Waals surface area (Å²) in [5.74, 6) is 0. The molecule has 0 aromatic heterocycles. The van der Waals surface area contributed by atoms with E-state index in [2.05, 4.69) is 11.9 Å². The summed E-state index contributed by atoms with van der Waals surface area (Å²) >= 11 is 3.44. The lowest BCUT2D eigenvalue weighted by molar-refractivity contribution is 0.253. The van der Waals surface area contributed by atoms with Gasteiger partial charge >= 0.3 is 10.5 Å². The number of halogens is 6. The summed E-state index contributed by atoms with van der Waals surface area (Å²) < 4.78 is 54.5. The van der Waals surface area contributed by atoms with Gasteiger partial charge in [-0.15, -0.1) is 3.74 Å². The van der Waals surface area contributed by atoms with Gasteiger partial charge in [-0.3, -0.25) is 0 Å². The van der Waals surface area contributed by atoms with Crippen LogP contribution in [0.15, 0.2) is 0 Å². The maximum absolute atomic E-state index is 10.6. The summed E-state index contributed by atoms with van der Waals surface area (Å²) in [6, 6.07) is 0. The van der Waals surface area contributed by atoms with E-state index in [-0.39, 0.29) is 0 Å². The smallest absolute Gasteiger partial charge is 0.125 e. The van der Waals surface area contributed by atoms with Crippen LogP contribution in [-0.2, 0) is 3.74 Å². The average molecular weight is 179 g/mol. The number of hydrogen-bond acceptors (Lipinski definition) is 1. The van der Waals surface area contributed by atoms with Crippen molar-refractivity contribution < 1.29 is 23.2 Å². The third-order valence-corrected chi connectivity index (χ3v) is 1.07. The Hall–Kier alpha value is 0.250. The van der Waals surface area contributed by atoms with Gasteiger partial charge in [0.1, 0.15) is 0 Å². The average Bonchev–Trinajstić information content (AvgIpc) is 1.30. The Balaban J connectivity index is 4.50. The van der Waals surface area contributed by atoms with Crippen LogP contribution < -0.4 is 0 Å². The Labute approximate surface area is 46.5 Å². The predicted molar refractivity (Wildman–Crippen MR) is 20.1 cm³/mol. The molecule has 54 valence electrons. The van der Waals surface area contributed by atoms with Crippen LogP contribution in [0.2, 0.25) is 0 Å². The first-order chi connectivity index (χ1) is 3.04. The third kappa shape index (κ3) is 6.25. The zero-order valence-electron chi connectivity index (χ0n) is 3.08. The Bertz CT molecular complexity index is 95.6. The summed E-state index contributed by atoms with van der Waals surface area (Å²) in [6.07, 6.45) is 0. The zero-order valence-corrected chi connectivity index (χ0v) is 4.66. The molecule has 0 saturated carbocycles. The molecule has 0 heterocycles. The van der Waals surface area contributed by atoms with Crippen molar-refractivity contribution in [3.63, 3.8) is 0 Å². The lowest BCUT2D eigenvalue weighted by Gasteiger charge is -2.34. The molecule has 0 saturated heterocycles. The molecule has 0 spiro atoms. The fourth-order valence-corrected chi connectivity index (χ4v) is 0. The van der Waals surface area contributed by atoms with Gasteiger partial charge in [0.25, 0.3) is 0 Å². The van der Waals surface area contributed by atoms with Crippen LogP contribution >= 0.6 is 22.4 Å². The van der Waals surface area contributed by atoms with Gasteiger partial charge in [0, 0.05) is 0 Å². The van der Waals surface area contributed by atoms with Gasteiger partial charge in [-0.25, -0.2) is 0 Å². The highest BCUT2D eigenvalue weighted by Crippen LogP contribution is 2.99. The highest BCUT2D eigenvalue weighted by Gasteiger charge is 2.66. The molecule has 8 heavy (non-hydrogen) atoms. The summed E-state index contributed by atoms with van der Waals surface area (Å²) in [7, 11) is -9.74. The number of rotatable bonds is 1. The molecule has 0 aromatic carbocycles. The topological polar surface area (TPSA) is 9.23 Å². The minimum Gasteiger partial charge on any atom is -0.125 e. The molecule has 0 N–H and O–H groups in total. The largest absolute Gasteiger partial charge is 0.412 e. The first kappa shape index (κ1) is 8.25. The highest BCUT2D eigenvalue weighted by atomic mass is 35.5. The van der Waals surface area contributed by atoms with E-state index in [0.717, 1.165) is 0 Å². The molecule has 0 bridgehead atoms. The molecule has 0 rings (SSSR count). The molecule has 0 atom stereocenters. The van der Waals surface area contributed by atoms with Crippen molar-refractivity contribution in [2.45, 2.75) is 0 Å². The predicted octanol–water partition coefficient (Wildman–Crippen LogP) is 3.37. The van der Waals surface area contributed by atoms with Gasteiger partial charge in [0.2, 0.25) is 0 Å². The second kappa shape index (κ2) is 1.07. The molecule has 0 aliphatic heterocycles. The lowest BCUT2D eigenvalue weighted by atomic mass is 15.9. The maximum atomic E-state index is 10.6. The first-order valence-electron chi connectivity index (χ1n) is 1.09. The zero-order chi connectivity index (χ0) is 7.12. The molecule has 0 aliphatic rings. The lowest BCUT2D eigenvalue weighted by Crippen LogP contribution is -2.02. The summed E-state index contributed by atoms with van der Waals surface area (Å²) in [6.45, 7) is 0. The molecule has 0 amide bonds. The molecule has 1 nitrogen and oxygen atoms in total. The highest BCUT2D eigenvalue weighted by molar-refractivity contribution is 8.42. The Kier molecular flexibility index (Phi) is 1.11. The minimum absolute atomic E-state index is 1.57. The van der Waals surface area contributed by atoms with Crippen LogP contribution in [0.5, 0.6) is 0 Å². The van der Waals surface area contributed by atoms with E-state index in [1.807, 2.05) is 0 Å². The van der Waals surface area contributed by atoms with Crippen molar-refractivity contribution in [2.75, 3.05) is 0 Å². The van der Waals surface area contributed by atoms with Crippen molar-refractivity contribution in [2.24, 2.45) is 0 Å². The van der Waals surface area contributed by atoms with Gasteiger partial charge in [-0.2, -0.15) is 0 Å². The third-order valence-electron chi connectivity index (χ3n) is 0.119. The van der Waals surface area contributed by atoms with Gasteiger partial charge in [-0.1, -0.05) is 19.4 Å². The number of hydrogen-bond donors (Lipinski definition) is 0. The van der Waals surface area contributed by atoms with Gasteiger partial charge < -0.3 is 0 Å². The monoisotopic (exact) mass is 178 g/mol. The quantitative estimate of drug-likeness (QED) is 0.560. The molecular weight excluding hydrogens is 179 g/mol. The van der Waals surface area contributed by atoms with Crippen LogP contribution in [-0.4, -0.2) is 0 Å². The molecule has 0 aromatic rings. The standard InChI is InChI=1S/ClF5OS/c1-7-8(2,3,4,5)6. The van der Waals surface area contributed by atoms with Crippen LogP contribution in [0, 0.1) is 0 Å². The molecule has 0 fully saturated rings. The molecule has 8 heteroatoms. The Morgan fingerprint density at radius 3 is 1.12 bits per heavy atom. The van der Waals surface area contributed by atoms with Gasteiger partial charge in [0.15, 0.2) is 0 Å². The van der Waals surface area contributed by atoms with Crippen molar-refractivity contribution in [1.82, 2.24) is 0 Å². The van der Waals surface area contributed by atoms with E-state index in [1.54, 1.807) is 3.74 Å². The second-order valence-electron chi connectivity index (χ2n) is 0.961. The van der Waals surface area contributed by atoms with Crippen molar-refractivity contribution >= 4 is 22.4 Å². The fourth-order valence-electron chi connectivity index (χ4n) is 0. The maximum Gasteiger partial charge on any atom is 0.412 e. The van der Waals surface area contributed by atoms with E-state index in [4.69, 9.17) is 0 Å². The molecule has 0 unspecified atom stereocenters. The van der Waals surface area contributed by atoms with Crippen LogP contribution in [0.1, 0.15) is 0 Å². The molecular formula is ClF5OS. The van der Waals surface area contributed by atoms with Crippen molar-refractivity contribution in [3.8, 4) is 0 Å². The van der Waals surface area contributed by atoms with E-state index in [1.165, 1.54) is 0 Å². The van der Waals surface area contributed by atoms with Crippen LogP contribution in [0.25, 0.3) is 0 Å². The fraction of sp³-hybridized carbons (Fsp3) is 0. The van der Waals surface area contributed by atoms with Crippen molar-refractivity contribution in [3.05, 3.63) is 0 Å². The molecule has 0 radical (unpaired) electrons. The van der Waals surface area contributed by atoms with E-state index >= 15 is 0 Å². The Morgan fingerprint density at radius 1 is 1.00 bits per heavy atom.